The number of aromatic carboxylic acids is 1. The van der Waals surface area contributed by atoms with Crippen molar-refractivity contribution in [1.82, 2.24) is 14.8 Å². The molecule has 5 nitrogen and oxygen atoms in total. The van der Waals surface area contributed by atoms with Crippen LogP contribution in [0, 0.1) is 5.82 Å². The van der Waals surface area contributed by atoms with Crippen LogP contribution in [-0.2, 0) is 0 Å². The first-order chi connectivity index (χ1) is 16.1. The Labute approximate surface area is 189 Å². The largest absolute Gasteiger partial charge is 0.478 e. The van der Waals surface area contributed by atoms with Crippen molar-refractivity contribution in [2.75, 3.05) is 0 Å². The van der Waals surface area contributed by atoms with Crippen molar-refractivity contribution in [1.29, 1.82) is 0 Å². The zero-order chi connectivity index (χ0) is 22.8. The van der Waals surface area contributed by atoms with E-state index in [1.807, 2.05) is 78.9 Å². The van der Waals surface area contributed by atoms with Crippen LogP contribution >= 0.6 is 0 Å². The van der Waals surface area contributed by atoms with Crippen LogP contribution < -0.4 is 0 Å². The van der Waals surface area contributed by atoms with Crippen molar-refractivity contribution in [2.45, 2.75) is 0 Å². The van der Waals surface area contributed by atoms with Crippen LogP contribution in [0.15, 0.2) is 103 Å². The number of rotatable bonds is 5. The minimum absolute atomic E-state index is 0.103. The fourth-order valence-electron chi connectivity index (χ4n) is 3.68. The zero-order valence-corrected chi connectivity index (χ0v) is 17.4. The van der Waals surface area contributed by atoms with Gasteiger partial charge in [-0.25, -0.2) is 18.9 Å². The van der Waals surface area contributed by atoms with Gasteiger partial charge in [0.25, 0.3) is 0 Å². The average molecular weight is 435 g/mol. The molecule has 0 aliphatic rings. The molecule has 0 fully saturated rings. The zero-order valence-electron chi connectivity index (χ0n) is 17.4. The summed E-state index contributed by atoms with van der Waals surface area (Å²) in [6, 6.07) is 30.6. The lowest BCUT2D eigenvalue weighted by molar-refractivity contribution is 0.0696. The van der Waals surface area contributed by atoms with E-state index in [0.717, 1.165) is 22.9 Å². The normalized spacial score (nSPS) is 10.8. The van der Waals surface area contributed by atoms with Crippen molar-refractivity contribution < 1.29 is 14.3 Å². The molecular weight excluding hydrogens is 417 g/mol. The molecule has 1 N–H and O–H groups in total. The van der Waals surface area contributed by atoms with Gasteiger partial charge >= 0.3 is 5.97 Å². The molecule has 0 saturated heterocycles. The Kier molecular flexibility index (Phi) is 5.24. The molecule has 5 aromatic rings. The molecule has 4 aromatic carbocycles. The molecule has 0 saturated carbocycles. The molecule has 0 bridgehead atoms. The molecule has 0 atom stereocenters. The summed E-state index contributed by atoms with van der Waals surface area (Å²) >= 11 is 0. The molecule has 1 aromatic heterocycles. The van der Waals surface area contributed by atoms with Crippen molar-refractivity contribution in [3.05, 3.63) is 115 Å². The van der Waals surface area contributed by atoms with Crippen molar-refractivity contribution in [3.8, 4) is 39.6 Å². The maximum atomic E-state index is 14.0. The fraction of sp³-hybridized carbons (Fsp3) is 0. The van der Waals surface area contributed by atoms with E-state index < -0.39 is 11.8 Å². The second kappa shape index (κ2) is 8.51. The lowest BCUT2D eigenvalue weighted by Gasteiger charge is -2.06. The summed E-state index contributed by atoms with van der Waals surface area (Å²) in [5, 5.41) is 14.0. The first-order valence-corrected chi connectivity index (χ1v) is 10.3. The third-order valence-corrected chi connectivity index (χ3v) is 5.24. The van der Waals surface area contributed by atoms with Crippen LogP contribution in [0.1, 0.15) is 10.4 Å². The molecule has 33 heavy (non-hydrogen) atoms. The van der Waals surface area contributed by atoms with E-state index in [9.17, 15) is 14.3 Å². The molecule has 0 aliphatic heterocycles. The maximum Gasteiger partial charge on any atom is 0.335 e. The minimum atomic E-state index is -1.18. The Morgan fingerprint density at radius 3 is 2.12 bits per heavy atom. The predicted octanol–water partition coefficient (Wildman–Crippen LogP) is 6.11. The Balaban J connectivity index is 1.63. The number of carboxylic acids is 1. The number of carbonyl (C=O) groups is 1. The van der Waals surface area contributed by atoms with Crippen LogP contribution in [0.3, 0.4) is 0 Å². The van der Waals surface area contributed by atoms with Gasteiger partial charge in [-0.05, 0) is 47.5 Å². The molecular formula is C27H18FN3O2. The van der Waals surface area contributed by atoms with Crippen molar-refractivity contribution >= 4 is 5.97 Å². The average Bonchev–Trinajstić information content (AvgIpc) is 3.30. The second-order valence-electron chi connectivity index (χ2n) is 7.49. The Morgan fingerprint density at radius 1 is 0.727 bits per heavy atom. The summed E-state index contributed by atoms with van der Waals surface area (Å²) < 4.78 is 15.8. The third-order valence-electron chi connectivity index (χ3n) is 5.24. The quantitative estimate of drug-likeness (QED) is 0.362. The number of halogens is 1. The number of aromatic nitrogens is 3. The van der Waals surface area contributed by atoms with Crippen LogP contribution in [0.5, 0.6) is 0 Å². The van der Waals surface area contributed by atoms with E-state index >= 15 is 0 Å². The van der Waals surface area contributed by atoms with E-state index in [0.29, 0.717) is 22.8 Å². The Bertz CT molecular complexity index is 1390. The second-order valence-corrected chi connectivity index (χ2v) is 7.49. The first kappa shape index (κ1) is 20.3. The summed E-state index contributed by atoms with van der Waals surface area (Å²) in [6.07, 6.45) is 0. The van der Waals surface area contributed by atoms with Gasteiger partial charge in [-0.15, -0.1) is 5.10 Å². The van der Waals surface area contributed by atoms with E-state index in [2.05, 4.69) is 0 Å². The first-order valence-electron chi connectivity index (χ1n) is 10.3. The van der Waals surface area contributed by atoms with E-state index in [4.69, 9.17) is 10.1 Å². The number of benzene rings is 4. The summed E-state index contributed by atoms with van der Waals surface area (Å²) in [4.78, 5) is 16.2. The van der Waals surface area contributed by atoms with E-state index in [-0.39, 0.29) is 5.56 Å². The third kappa shape index (κ3) is 4.14. The Hall–Kier alpha value is -4.58. The number of carboxylic acid groups (broad SMARTS) is 1. The van der Waals surface area contributed by atoms with E-state index in [1.54, 1.807) is 10.7 Å². The molecule has 0 spiro atoms. The molecule has 6 heteroatoms. The van der Waals surface area contributed by atoms with Crippen molar-refractivity contribution in [3.63, 3.8) is 0 Å². The molecule has 5 rings (SSSR count). The maximum absolute atomic E-state index is 14.0. The number of para-hydroxylation sites is 1. The predicted molar refractivity (Wildman–Crippen MR) is 125 cm³/mol. The molecule has 0 amide bonds. The van der Waals surface area contributed by atoms with Gasteiger partial charge in [0, 0.05) is 11.1 Å². The van der Waals surface area contributed by atoms with Gasteiger partial charge in [-0.2, -0.15) is 0 Å². The standard InChI is InChI=1S/C27H18FN3O2/c28-23-16-21(15-22(17-23)27(32)33)19-10-7-11-20(14-19)25-29-26(18-8-3-1-4-9-18)31(30-25)24-12-5-2-6-13-24/h1-17H,(H,32,33). The topological polar surface area (TPSA) is 68.0 Å². The smallest absolute Gasteiger partial charge is 0.335 e. The highest BCUT2D eigenvalue weighted by Crippen LogP contribution is 2.29. The van der Waals surface area contributed by atoms with Crippen molar-refractivity contribution in [2.24, 2.45) is 0 Å². The SMILES string of the molecule is O=C(O)c1cc(F)cc(-c2cccc(-c3nc(-c4ccccc4)n(-c4ccccc4)n3)c2)c1. The summed E-state index contributed by atoms with van der Waals surface area (Å²) in [5.41, 5.74) is 3.58. The summed E-state index contributed by atoms with van der Waals surface area (Å²) in [7, 11) is 0. The van der Waals surface area contributed by atoms with Gasteiger partial charge in [0.05, 0.1) is 11.3 Å². The highest BCUT2D eigenvalue weighted by molar-refractivity contribution is 5.89. The number of hydrogen-bond acceptors (Lipinski definition) is 3. The lowest BCUT2D eigenvalue weighted by Crippen LogP contribution is -1.99. The fourth-order valence-corrected chi connectivity index (χ4v) is 3.68. The van der Waals surface area contributed by atoms with Gasteiger partial charge in [-0.1, -0.05) is 66.7 Å². The van der Waals surface area contributed by atoms with Gasteiger partial charge in [0.15, 0.2) is 11.6 Å². The van der Waals surface area contributed by atoms with Crippen LogP contribution in [0.2, 0.25) is 0 Å². The molecule has 0 aliphatic carbocycles. The Morgan fingerprint density at radius 2 is 1.39 bits per heavy atom. The van der Waals surface area contributed by atoms with Gasteiger partial charge in [0.2, 0.25) is 0 Å². The number of nitrogens with zero attached hydrogens (tertiary/aromatic N) is 3. The lowest BCUT2D eigenvalue weighted by atomic mass is 10.0. The number of hydrogen-bond donors (Lipinski definition) is 1. The molecule has 160 valence electrons. The van der Waals surface area contributed by atoms with Gasteiger partial charge in [0.1, 0.15) is 5.82 Å². The highest BCUT2D eigenvalue weighted by Gasteiger charge is 2.16. The van der Waals surface area contributed by atoms with Gasteiger partial charge < -0.3 is 5.11 Å². The summed E-state index contributed by atoms with van der Waals surface area (Å²) in [6.45, 7) is 0. The van der Waals surface area contributed by atoms with Crippen LogP contribution in [0.4, 0.5) is 4.39 Å². The molecule has 0 radical (unpaired) electrons. The van der Waals surface area contributed by atoms with Crippen LogP contribution in [-0.4, -0.2) is 25.8 Å². The van der Waals surface area contributed by atoms with E-state index in [1.165, 1.54) is 12.1 Å². The molecule has 1 heterocycles. The monoisotopic (exact) mass is 435 g/mol. The van der Waals surface area contributed by atoms with Gasteiger partial charge in [-0.3, -0.25) is 0 Å². The minimum Gasteiger partial charge on any atom is -0.478 e. The summed E-state index contributed by atoms with van der Waals surface area (Å²) in [5.74, 6) is -0.577. The molecule has 0 unspecified atom stereocenters. The van der Waals surface area contributed by atoms with Crippen LogP contribution in [0.25, 0.3) is 39.6 Å². The highest BCUT2D eigenvalue weighted by atomic mass is 19.1.